The van der Waals surface area contributed by atoms with E-state index in [4.69, 9.17) is 14.9 Å². The summed E-state index contributed by atoms with van der Waals surface area (Å²) >= 11 is 0. The number of para-hydroxylation sites is 4. The number of amides is 3. The van der Waals surface area contributed by atoms with E-state index in [0.29, 0.717) is 22.6 Å². The standard InChI is InChI=1S/C17H17N3O5S.C16H12N2O2.C9H8N2/c1-17(2,22)12-9-14(25-10-12)26(23,24)20-16(21)19-13-7-3-5-11-6-4-8-18-15(11)13;19-16(20-13-8-2-1-3-9-13)18-14-10-4-6-12-7-5-11-17-15(12)14;10-8-5-1-3-7-4-2-6-11-9(7)8/h3-10,22H,1-2H3,(H2,19,20,21);1-11H,(H,18,19);1-6H,10H2. The van der Waals surface area contributed by atoms with Crippen LogP contribution < -0.4 is 25.8 Å². The van der Waals surface area contributed by atoms with Gasteiger partial charge >= 0.3 is 12.1 Å². The van der Waals surface area contributed by atoms with Crippen LogP contribution >= 0.6 is 0 Å². The molecule has 8 rings (SSSR count). The molecule has 3 amide bonds. The summed E-state index contributed by atoms with van der Waals surface area (Å²) in [4.78, 5) is 36.6. The van der Waals surface area contributed by atoms with Crippen molar-refractivity contribution in [2.45, 2.75) is 24.5 Å². The molecular formula is C42H37N7O7S. The maximum absolute atomic E-state index is 12.3. The number of nitrogens with one attached hydrogen (secondary N) is 3. The summed E-state index contributed by atoms with van der Waals surface area (Å²) in [6.07, 6.45) is 5.60. The van der Waals surface area contributed by atoms with E-state index >= 15 is 0 Å². The molecule has 0 spiro atoms. The van der Waals surface area contributed by atoms with Crippen molar-refractivity contribution in [3.63, 3.8) is 0 Å². The molecule has 15 heteroatoms. The van der Waals surface area contributed by atoms with E-state index in [0.717, 1.165) is 45.2 Å². The fourth-order valence-corrected chi connectivity index (χ4v) is 6.22. The number of anilines is 3. The Balaban J connectivity index is 0.000000156. The lowest BCUT2D eigenvalue weighted by Gasteiger charge is -2.13. The zero-order valence-corrected chi connectivity index (χ0v) is 31.5. The first-order valence-electron chi connectivity index (χ1n) is 17.3. The summed E-state index contributed by atoms with van der Waals surface area (Å²) in [7, 11) is -4.23. The van der Waals surface area contributed by atoms with Crippen molar-refractivity contribution in [1.82, 2.24) is 19.7 Å². The van der Waals surface area contributed by atoms with Crippen molar-refractivity contribution in [2.75, 3.05) is 16.4 Å². The number of benzene rings is 4. The highest BCUT2D eigenvalue weighted by atomic mass is 32.2. The lowest BCUT2D eigenvalue weighted by molar-refractivity contribution is 0.0779. The van der Waals surface area contributed by atoms with Crippen LogP contribution in [0.5, 0.6) is 5.75 Å². The van der Waals surface area contributed by atoms with E-state index in [1.54, 1.807) is 55.0 Å². The van der Waals surface area contributed by atoms with Gasteiger partial charge in [-0.05, 0) is 62.4 Å². The summed E-state index contributed by atoms with van der Waals surface area (Å²) in [5.74, 6) is 0.498. The van der Waals surface area contributed by atoms with Gasteiger partial charge in [0.2, 0.25) is 5.09 Å². The number of urea groups is 1. The second kappa shape index (κ2) is 17.4. The highest BCUT2D eigenvalue weighted by Gasteiger charge is 2.26. The molecule has 0 bridgehead atoms. The van der Waals surface area contributed by atoms with E-state index in [-0.39, 0.29) is 5.56 Å². The molecule has 6 N–H and O–H groups in total. The smallest absolute Gasteiger partial charge is 0.417 e. The van der Waals surface area contributed by atoms with E-state index in [1.807, 2.05) is 89.7 Å². The van der Waals surface area contributed by atoms with Crippen molar-refractivity contribution in [1.29, 1.82) is 0 Å². The van der Waals surface area contributed by atoms with Crippen molar-refractivity contribution in [3.8, 4) is 5.75 Å². The van der Waals surface area contributed by atoms with Crippen LogP contribution in [-0.2, 0) is 15.6 Å². The lowest BCUT2D eigenvalue weighted by atomic mass is 10.0. The number of sulfonamides is 1. The highest BCUT2D eigenvalue weighted by molar-refractivity contribution is 7.89. The number of carbonyl (C=O) groups is 2. The maximum atomic E-state index is 12.3. The molecule has 0 radical (unpaired) electrons. The van der Waals surface area contributed by atoms with Gasteiger partial charge in [-0.3, -0.25) is 20.3 Å². The first-order chi connectivity index (χ1) is 27.4. The first-order valence-corrected chi connectivity index (χ1v) is 18.8. The Morgan fingerprint density at radius 2 is 1.19 bits per heavy atom. The average Bonchev–Trinajstić information content (AvgIpc) is 3.73. The molecule has 4 aromatic carbocycles. The Bertz CT molecular complexity index is 2760. The van der Waals surface area contributed by atoms with Crippen LogP contribution in [0.25, 0.3) is 32.7 Å². The van der Waals surface area contributed by atoms with E-state index in [9.17, 15) is 23.1 Å². The second-order valence-corrected chi connectivity index (χ2v) is 14.4. The largest absolute Gasteiger partial charge is 0.451 e. The van der Waals surface area contributed by atoms with Crippen LogP contribution in [0, 0.1) is 0 Å². The van der Waals surface area contributed by atoms with E-state index in [1.165, 1.54) is 13.8 Å². The summed E-state index contributed by atoms with van der Waals surface area (Å²) in [6.45, 7) is 2.98. The van der Waals surface area contributed by atoms with Crippen LogP contribution in [0.1, 0.15) is 19.4 Å². The number of furan rings is 1. The number of nitrogens with two attached hydrogens (primary N) is 1. The molecule has 0 aliphatic carbocycles. The molecule has 8 aromatic rings. The van der Waals surface area contributed by atoms with E-state index in [2.05, 4.69) is 25.6 Å². The number of aromatic nitrogens is 3. The van der Waals surface area contributed by atoms with Crippen LogP contribution in [0.3, 0.4) is 0 Å². The minimum absolute atomic E-state index is 0.275. The number of nitrogen functional groups attached to an aromatic ring is 1. The average molecular weight is 784 g/mol. The molecule has 0 aliphatic heterocycles. The zero-order chi connectivity index (χ0) is 40.4. The predicted octanol–water partition coefficient (Wildman–Crippen LogP) is 8.23. The van der Waals surface area contributed by atoms with Gasteiger partial charge in [0, 0.05) is 46.4 Å². The molecule has 4 heterocycles. The van der Waals surface area contributed by atoms with Crippen LogP contribution in [0.15, 0.2) is 162 Å². The molecule has 14 nitrogen and oxygen atoms in total. The van der Waals surface area contributed by atoms with Crippen LogP contribution in [-0.4, -0.2) is 40.6 Å². The molecule has 57 heavy (non-hydrogen) atoms. The molecule has 0 saturated carbocycles. The van der Waals surface area contributed by atoms with Gasteiger partial charge in [0.05, 0.1) is 45.5 Å². The molecule has 0 saturated heterocycles. The Hall–Kier alpha value is -7.36. The van der Waals surface area contributed by atoms with Crippen molar-refractivity contribution in [2.24, 2.45) is 0 Å². The number of fused-ring (bicyclic) bond motifs is 3. The Morgan fingerprint density at radius 1 is 0.684 bits per heavy atom. The van der Waals surface area contributed by atoms with Gasteiger partial charge in [0.1, 0.15) is 5.75 Å². The number of hydrogen-bond donors (Lipinski definition) is 5. The van der Waals surface area contributed by atoms with Gasteiger partial charge in [-0.2, -0.15) is 8.42 Å². The van der Waals surface area contributed by atoms with Gasteiger partial charge in [-0.25, -0.2) is 14.3 Å². The molecule has 0 unspecified atom stereocenters. The normalized spacial score (nSPS) is 11.1. The second-order valence-electron chi connectivity index (χ2n) is 12.8. The van der Waals surface area contributed by atoms with Gasteiger partial charge in [-0.15, -0.1) is 0 Å². The molecule has 0 aliphatic rings. The molecule has 288 valence electrons. The Kier molecular flexibility index (Phi) is 12.0. The molecule has 4 aromatic heterocycles. The fourth-order valence-electron chi connectivity index (χ4n) is 5.37. The van der Waals surface area contributed by atoms with E-state index < -0.39 is 32.8 Å². The molecular weight excluding hydrogens is 747 g/mol. The quantitative estimate of drug-likeness (QED) is 0.101. The third-order valence-corrected chi connectivity index (χ3v) is 9.34. The molecule has 0 atom stereocenters. The number of ether oxygens (including phenoxy) is 1. The van der Waals surface area contributed by atoms with Gasteiger partial charge in [-0.1, -0.05) is 72.8 Å². The third-order valence-electron chi connectivity index (χ3n) is 8.14. The summed E-state index contributed by atoms with van der Waals surface area (Å²) in [5, 5.41) is 17.4. The monoisotopic (exact) mass is 783 g/mol. The van der Waals surface area contributed by atoms with Crippen LogP contribution in [0.4, 0.5) is 26.7 Å². The minimum atomic E-state index is -4.23. The number of rotatable bonds is 6. The number of nitrogens with zero attached hydrogens (tertiary/aromatic N) is 3. The van der Waals surface area contributed by atoms with Crippen molar-refractivity contribution >= 4 is 71.9 Å². The number of aliphatic hydroxyl groups is 1. The van der Waals surface area contributed by atoms with Gasteiger partial charge in [0.25, 0.3) is 10.0 Å². The molecule has 0 fully saturated rings. The Labute approximate surface area is 327 Å². The Morgan fingerprint density at radius 3 is 1.74 bits per heavy atom. The summed E-state index contributed by atoms with van der Waals surface area (Å²) in [5.41, 5.74) is 8.59. The predicted molar refractivity (Wildman–Crippen MR) is 219 cm³/mol. The number of hydrogen-bond acceptors (Lipinski definition) is 11. The van der Waals surface area contributed by atoms with Gasteiger partial charge in [0.15, 0.2) is 0 Å². The number of pyridine rings is 3. The summed E-state index contributed by atoms with van der Waals surface area (Å²) < 4.78 is 36.6. The van der Waals surface area contributed by atoms with Crippen molar-refractivity contribution < 1.29 is 32.3 Å². The first kappa shape index (κ1) is 39.3. The SMILES string of the molecule is CC(C)(O)c1coc(S(=O)(=O)NC(=O)Nc2cccc3cccnc23)c1.Nc1cccc2cccnc12.O=C(Nc1cccc2cccnc12)Oc1ccccc1. The van der Waals surface area contributed by atoms with Crippen LogP contribution in [0.2, 0.25) is 0 Å². The topological polar surface area (TPSA) is 212 Å². The third kappa shape index (κ3) is 10.2. The van der Waals surface area contributed by atoms with Crippen molar-refractivity contribution in [3.05, 3.63) is 158 Å². The van der Waals surface area contributed by atoms with Gasteiger partial charge < -0.3 is 25.3 Å². The minimum Gasteiger partial charge on any atom is -0.451 e. The highest BCUT2D eigenvalue weighted by Crippen LogP contribution is 2.25. The number of carbonyl (C=O) groups excluding carboxylic acids is 2. The summed E-state index contributed by atoms with van der Waals surface area (Å²) in [6, 6.07) is 36.9. The maximum Gasteiger partial charge on any atom is 0.417 e. The fraction of sp³-hybridized carbons (Fsp3) is 0.0714. The lowest BCUT2D eigenvalue weighted by Crippen LogP contribution is -2.34. The zero-order valence-electron chi connectivity index (χ0n) is 30.7.